The van der Waals surface area contributed by atoms with E-state index in [1.54, 1.807) is 40.3 Å². The highest BCUT2D eigenvalue weighted by Gasteiger charge is 2.54. The average Bonchev–Trinajstić information content (AvgIpc) is 2.92. The standard InChI is InChI=1S/2C17H26N2O2S/c1-16(2)15-11-12-10-13(22(20,21)19(4)5)6-7-14(12)17(16,3)8-9-18-15;1-16(2)15-10-12-6-7-13(22(20,21)19(4)5)11-14(12)17(16,3)8-9-18-15/h6-7,10,15,18H,8-9,11H2,1-5H3;6-7,11,15,18H,8-10H2,1-5H3/t2*15-,17+/m11/s1. The third-order valence-corrected chi connectivity index (χ3v) is 16.0. The second-order valence-corrected chi connectivity index (χ2v) is 19.5. The Morgan fingerprint density at radius 2 is 1.05 bits per heavy atom. The molecular weight excluding hydrogens is 593 g/mol. The van der Waals surface area contributed by atoms with Crippen molar-refractivity contribution in [1.82, 2.24) is 19.2 Å². The lowest BCUT2D eigenvalue weighted by Gasteiger charge is -2.57. The largest absolute Gasteiger partial charge is 0.313 e. The first-order valence-corrected chi connectivity index (χ1v) is 18.7. The summed E-state index contributed by atoms with van der Waals surface area (Å²) in [7, 11) is -0.427. The van der Waals surface area contributed by atoms with E-state index >= 15 is 0 Å². The summed E-state index contributed by atoms with van der Waals surface area (Å²) in [6, 6.07) is 12.3. The van der Waals surface area contributed by atoms with Gasteiger partial charge in [0.2, 0.25) is 20.0 Å². The Morgan fingerprint density at radius 3 is 1.55 bits per heavy atom. The number of nitrogens with zero attached hydrogens (tertiary/aromatic N) is 2. The number of hydrogen-bond acceptors (Lipinski definition) is 6. The summed E-state index contributed by atoms with van der Waals surface area (Å²) in [5.41, 5.74) is 5.40. The van der Waals surface area contributed by atoms with Crippen molar-refractivity contribution in [3.8, 4) is 0 Å². The molecule has 2 saturated heterocycles. The minimum atomic E-state index is -3.38. The van der Waals surface area contributed by atoms with Crippen molar-refractivity contribution in [1.29, 1.82) is 0 Å². The molecule has 8 nitrogen and oxygen atoms in total. The van der Waals surface area contributed by atoms with Gasteiger partial charge < -0.3 is 10.6 Å². The van der Waals surface area contributed by atoms with Gasteiger partial charge in [-0.15, -0.1) is 0 Å². The van der Waals surface area contributed by atoms with Gasteiger partial charge in [0.1, 0.15) is 0 Å². The van der Waals surface area contributed by atoms with Crippen LogP contribution in [-0.2, 0) is 43.7 Å². The van der Waals surface area contributed by atoms with Crippen LogP contribution in [0.5, 0.6) is 0 Å². The van der Waals surface area contributed by atoms with Crippen LogP contribution >= 0.6 is 0 Å². The third-order valence-electron chi connectivity index (χ3n) is 12.4. The maximum absolute atomic E-state index is 12.5. The molecule has 4 atom stereocenters. The van der Waals surface area contributed by atoms with Crippen LogP contribution in [0, 0.1) is 10.8 Å². The summed E-state index contributed by atoms with van der Waals surface area (Å²) in [5, 5.41) is 7.27. The summed E-state index contributed by atoms with van der Waals surface area (Å²) in [4.78, 5) is 0.808. The van der Waals surface area contributed by atoms with Crippen LogP contribution in [0.15, 0.2) is 46.2 Å². The van der Waals surface area contributed by atoms with Gasteiger partial charge >= 0.3 is 0 Å². The number of hydrogen-bond donors (Lipinski definition) is 2. The molecule has 44 heavy (non-hydrogen) atoms. The SMILES string of the molecule is CN(C)S(=O)(=O)c1ccc2c(c1)C[C@H]1NCC[C@]2(C)C1(C)C.CN(C)S(=O)(=O)c1ccc2c(c1)[C@]1(C)CCN[C@H](C2)C1(C)C. The lowest BCUT2D eigenvalue weighted by atomic mass is 9.51. The van der Waals surface area contributed by atoms with Gasteiger partial charge in [0, 0.05) is 51.1 Å². The molecule has 10 heteroatoms. The fraction of sp³-hybridized carbons (Fsp3) is 0.647. The maximum atomic E-state index is 12.5. The molecule has 2 heterocycles. The molecule has 0 radical (unpaired) electrons. The van der Waals surface area contributed by atoms with Gasteiger partial charge in [0.05, 0.1) is 9.79 Å². The number of benzene rings is 2. The predicted molar refractivity (Wildman–Crippen MR) is 177 cm³/mol. The van der Waals surface area contributed by atoms with Crippen LogP contribution in [0.3, 0.4) is 0 Å². The fourth-order valence-corrected chi connectivity index (χ4v) is 10.1. The number of rotatable bonds is 4. The topological polar surface area (TPSA) is 98.8 Å². The molecular formula is C34H52N4O4S2. The van der Waals surface area contributed by atoms with Crippen molar-refractivity contribution in [2.45, 2.75) is 99.9 Å². The highest BCUT2D eigenvalue weighted by atomic mass is 32.2. The van der Waals surface area contributed by atoms with Crippen molar-refractivity contribution in [3.63, 3.8) is 0 Å². The lowest BCUT2D eigenvalue weighted by molar-refractivity contribution is 0.0557. The van der Waals surface area contributed by atoms with E-state index in [1.807, 2.05) is 18.2 Å². The highest BCUT2D eigenvalue weighted by Crippen LogP contribution is 2.55. The summed E-state index contributed by atoms with van der Waals surface area (Å²) >= 11 is 0. The zero-order valence-corrected chi connectivity index (χ0v) is 29.8. The van der Waals surface area contributed by atoms with E-state index in [-0.39, 0.29) is 21.7 Å². The molecule has 2 aromatic rings. The molecule has 2 aromatic carbocycles. The van der Waals surface area contributed by atoms with Crippen LogP contribution in [0.2, 0.25) is 0 Å². The molecule has 0 amide bonds. The molecule has 0 saturated carbocycles. The molecule has 2 N–H and O–H groups in total. The Balaban J connectivity index is 0.000000175. The van der Waals surface area contributed by atoms with Crippen LogP contribution in [0.1, 0.15) is 76.6 Å². The fourth-order valence-electron chi connectivity index (χ4n) is 8.24. The second kappa shape index (κ2) is 10.9. The second-order valence-electron chi connectivity index (χ2n) is 15.2. The number of piperidine rings is 2. The predicted octanol–water partition coefficient (Wildman–Crippen LogP) is 4.28. The first-order valence-electron chi connectivity index (χ1n) is 15.8. The van der Waals surface area contributed by atoms with E-state index in [1.165, 1.54) is 30.9 Å². The Bertz CT molecular complexity index is 1670. The third kappa shape index (κ3) is 4.90. The Labute approximate surface area is 266 Å². The van der Waals surface area contributed by atoms with Crippen molar-refractivity contribution >= 4 is 20.0 Å². The van der Waals surface area contributed by atoms with Crippen molar-refractivity contribution < 1.29 is 16.8 Å². The maximum Gasteiger partial charge on any atom is 0.242 e. The van der Waals surface area contributed by atoms with E-state index in [0.717, 1.165) is 38.8 Å². The molecule has 2 aliphatic carbocycles. The van der Waals surface area contributed by atoms with Gasteiger partial charge in [0.25, 0.3) is 0 Å². The summed E-state index contributed by atoms with van der Waals surface area (Å²) in [6.07, 6.45) is 3.99. The summed E-state index contributed by atoms with van der Waals surface area (Å²) in [6.45, 7) is 15.9. The molecule has 4 aliphatic rings. The quantitative estimate of drug-likeness (QED) is 0.516. The van der Waals surface area contributed by atoms with Gasteiger partial charge in [-0.05, 0) is 96.1 Å². The summed E-state index contributed by atoms with van der Waals surface area (Å²) < 4.78 is 52.3. The number of fused-ring (bicyclic) bond motifs is 8. The van der Waals surface area contributed by atoms with E-state index in [2.05, 4.69) is 58.2 Å². The van der Waals surface area contributed by atoms with Crippen LogP contribution < -0.4 is 10.6 Å². The zero-order chi connectivity index (χ0) is 32.7. The number of nitrogens with one attached hydrogen (secondary N) is 2. The van der Waals surface area contributed by atoms with Gasteiger partial charge in [-0.1, -0.05) is 53.7 Å². The molecule has 4 bridgehead atoms. The van der Waals surface area contributed by atoms with Crippen molar-refractivity contribution in [2.75, 3.05) is 41.3 Å². The van der Waals surface area contributed by atoms with Crippen LogP contribution in [0.4, 0.5) is 0 Å². The van der Waals surface area contributed by atoms with Crippen LogP contribution in [-0.4, -0.2) is 78.8 Å². The van der Waals surface area contributed by atoms with Gasteiger partial charge in [-0.25, -0.2) is 25.4 Å². The van der Waals surface area contributed by atoms with E-state index < -0.39 is 20.0 Å². The molecule has 0 spiro atoms. The first-order chi connectivity index (χ1) is 20.2. The summed E-state index contributed by atoms with van der Waals surface area (Å²) in [5.74, 6) is 0. The normalized spacial score (nSPS) is 30.2. The molecule has 2 aliphatic heterocycles. The van der Waals surface area contributed by atoms with E-state index in [9.17, 15) is 16.8 Å². The van der Waals surface area contributed by atoms with Crippen molar-refractivity contribution in [2.24, 2.45) is 10.8 Å². The van der Waals surface area contributed by atoms with Crippen LogP contribution in [0.25, 0.3) is 0 Å². The minimum Gasteiger partial charge on any atom is -0.313 e. The Morgan fingerprint density at radius 1 is 0.614 bits per heavy atom. The van der Waals surface area contributed by atoms with E-state index in [4.69, 9.17) is 0 Å². The zero-order valence-electron chi connectivity index (χ0n) is 28.2. The average molecular weight is 645 g/mol. The highest BCUT2D eigenvalue weighted by molar-refractivity contribution is 7.89. The molecule has 0 aromatic heterocycles. The first kappa shape index (κ1) is 33.5. The molecule has 2 fully saturated rings. The number of sulfonamides is 2. The Hall–Kier alpha value is -1.82. The van der Waals surface area contributed by atoms with Crippen molar-refractivity contribution in [3.05, 3.63) is 58.7 Å². The Kier molecular flexibility index (Phi) is 8.29. The smallest absolute Gasteiger partial charge is 0.242 e. The molecule has 6 rings (SSSR count). The molecule has 244 valence electrons. The van der Waals surface area contributed by atoms with Gasteiger partial charge in [-0.2, -0.15) is 0 Å². The van der Waals surface area contributed by atoms with E-state index in [0.29, 0.717) is 21.9 Å². The monoisotopic (exact) mass is 644 g/mol. The lowest BCUT2D eigenvalue weighted by Crippen LogP contribution is -2.62. The van der Waals surface area contributed by atoms with Gasteiger partial charge in [0.15, 0.2) is 0 Å². The minimum absolute atomic E-state index is 0.00828. The molecule has 0 unspecified atom stereocenters. The van der Waals surface area contributed by atoms with Gasteiger partial charge in [-0.3, -0.25) is 0 Å².